The summed E-state index contributed by atoms with van der Waals surface area (Å²) in [5.41, 5.74) is 15.9. The van der Waals surface area contributed by atoms with Crippen LogP contribution in [0.2, 0.25) is 0 Å². The molecule has 0 radical (unpaired) electrons. The second kappa shape index (κ2) is 26.8. The van der Waals surface area contributed by atoms with Crippen molar-refractivity contribution >= 4 is 10.8 Å². The average molecular weight is 903 g/mol. The summed E-state index contributed by atoms with van der Waals surface area (Å²) in [6.07, 6.45) is 37.3. The first kappa shape index (κ1) is 52.5. The van der Waals surface area contributed by atoms with Crippen molar-refractivity contribution in [2.75, 3.05) is 0 Å². The predicted octanol–water partition coefficient (Wildman–Crippen LogP) is 21.3. The first-order valence-corrected chi connectivity index (χ1v) is 28.3. The van der Waals surface area contributed by atoms with Crippen LogP contribution in [0.25, 0.3) is 33.0 Å². The van der Waals surface area contributed by atoms with E-state index in [2.05, 4.69) is 140 Å². The summed E-state index contributed by atoms with van der Waals surface area (Å²) in [6.45, 7) is 18.2. The van der Waals surface area contributed by atoms with Crippen molar-refractivity contribution in [1.82, 2.24) is 0 Å². The Balaban J connectivity index is 0.000000222. The van der Waals surface area contributed by atoms with Gasteiger partial charge < -0.3 is 4.74 Å². The van der Waals surface area contributed by atoms with Crippen LogP contribution in [0.15, 0.2) is 84.9 Å². The molecule has 5 aromatic carbocycles. The SMILES string of the molecule is CCCCCCCCC1(CCCCCCCC)Oc2cc(C)ccc2-c2ccc(C)cc21.CCCCCCCCC1(CCCCCCCC)c2cc(C)ccc2-c2c1cc(C)c1ccccc21. The maximum absolute atomic E-state index is 7.04. The maximum atomic E-state index is 7.04. The molecular weight excluding hydrogens is 809 g/mol. The molecule has 1 aliphatic heterocycles. The van der Waals surface area contributed by atoms with Gasteiger partial charge in [-0.2, -0.15) is 0 Å². The Labute approximate surface area is 411 Å². The molecule has 67 heavy (non-hydrogen) atoms. The molecule has 0 saturated carbocycles. The molecular formula is C66H94O. The fourth-order valence-electron chi connectivity index (χ4n) is 12.1. The Morgan fingerprint density at radius 2 is 0.776 bits per heavy atom. The third kappa shape index (κ3) is 13.5. The van der Waals surface area contributed by atoms with Gasteiger partial charge in [0.05, 0.1) is 0 Å². The minimum absolute atomic E-state index is 0.169. The number of aryl methyl sites for hydroxylation is 4. The summed E-state index contributed by atoms with van der Waals surface area (Å²) in [4.78, 5) is 0. The van der Waals surface area contributed by atoms with E-state index in [1.807, 2.05) is 0 Å². The van der Waals surface area contributed by atoms with E-state index < -0.39 is 0 Å². The van der Waals surface area contributed by atoms with Crippen molar-refractivity contribution in [1.29, 1.82) is 0 Å². The zero-order valence-corrected chi connectivity index (χ0v) is 44.3. The lowest BCUT2D eigenvalue weighted by atomic mass is 9.70. The molecule has 0 saturated heterocycles. The molecule has 0 atom stereocenters. The van der Waals surface area contributed by atoms with Crippen LogP contribution >= 0.6 is 0 Å². The highest BCUT2D eigenvalue weighted by Crippen LogP contribution is 2.57. The predicted molar refractivity (Wildman–Crippen MR) is 295 cm³/mol. The lowest BCUT2D eigenvalue weighted by Gasteiger charge is -2.41. The second-order valence-electron chi connectivity index (χ2n) is 21.5. The maximum Gasteiger partial charge on any atom is 0.135 e. The van der Waals surface area contributed by atoms with E-state index in [0.717, 1.165) is 18.6 Å². The molecule has 2 aliphatic rings. The molecule has 0 unspecified atom stereocenters. The van der Waals surface area contributed by atoms with E-state index in [1.165, 1.54) is 228 Å². The molecule has 0 spiro atoms. The number of benzene rings is 5. The lowest BCUT2D eigenvalue weighted by Crippen LogP contribution is -2.36. The van der Waals surface area contributed by atoms with Crippen LogP contribution in [0.5, 0.6) is 5.75 Å². The number of rotatable bonds is 28. The highest BCUT2D eigenvalue weighted by Gasteiger charge is 2.43. The van der Waals surface area contributed by atoms with Crippen LogP contribution in [0.4, 0.5) is 0 Å². The number of fused-ring (bicyclic) bond motifs is 8. The molecule has 1 nitrogen and oxygen atoms in total. The van der Waals surface area contributed by atoms with Crippen LogP contribution in [-0.4, -0.2) is 0 Å². The van der Waals surface area contributed by atoms with Gasteiger partial charge in [0.2, 0.25) is 0 Å². The highest BCUT2D eigenvalue weighted by atomic mass is 16.5. The Hall–Kier alpha value is -3.84. The molecule has 1 heterocycles. The normalized spacial score (nSPS) is 13.9. The van der Waals surface area contributed by atoms with Gasteiger partial charge in [0.25, 0.3) is 0 Å². The molecule has 0 amide bonds. The zero-order valence-electron chi connectivity index (χ0n) is 44.3. The van der Waals surface area contributed by atoms with Gasteiger partial charge in [0, 0.05) is 16.5 Å². The summed E-state index contributed by atoms with van der Waals surface area (Å²) in [5.74, 6) is 1.10. The van der Waals surface area contributed by atoms with Crippen molar-refractivity contribution in [2.45, 2.75) is 246 Å². The number of ether oxygens (including phenoxy) is 1. The van der Waals surface area contributed by atoms with Gasteiger partial charge in [0.1, 0.15) is 11.4 Å². The molecule has 5 aromatic rings. The third-order valence-corrected chi connectivity index (χ3v) is 15.9. The van der Waals surface area contributed by atoms with Gasteiger partial charge in [-0.25, -0.2) is 0 Å². The average Bonchev–Trinajstić information content (AvgIpc) is 3.59. The van der Waals surface area contributed by atoms with Crippen molar-refractivity contribution in [3.8, 4) is 28.0 Å². The van der Waals surface area contributed by atoms with Crippen LogP contribution in [0.1, 0.15) is 246 Å². The van der Waals surface area contributed by atoms with Crippen LogP contribution in [0, 0.1) is 27.7 Å². The van der Waals surface area contributed by atoms with Gasteiger partial charge in [-0.15, -0.1) is 0 Å². The minimum atomic E-state index is -0.169. The Morgan fingerprint density at radius 1 is 0.358 bits per heavy atom. The van der Waals surface area contributed by atoms with E-state index in [4.69, 9.17) is 4.74 Å². The quantitative estimate of drug-likeness (QED) is 0.0455. The van der Waals surface area contributed by atoms with E-state index in [-0.39, 0.29) is 11.0 Å². The van der Waals surface area contributed by atoms with Crippen LogP contribution in [-0.2, 0) is 11.0 Å². The fraction of sp³-hybridized carbons (Fsp3) is 0.576. The monoisotopic (exact) mass is 903 g/mol. The smallest absolute Gasteiger partial charge is 0.135 e. The van der Waals surface area contributed by atoms with Crippen molar-refractivity contribution < 1.29 is 4.74 Å². The van der Waals surface area contributed by atoms with Crippen LogP contribution < -0.4 is 4.74 Å². The lowest BCUT2D eigenvalue weighted by molar-refractivity contribution is 0.0384. The van der Waals surface area contributed by atoms with Crippen molar-refractivity contribution in [3.63, 3.8) is 0 Å². The summed E-state index contributed by atoms with van der Waals surface area (Å²) in [5, 5.41) is 2.88. The Kier molecular flexibility index (Phi) is 21.0. The van der Waals surface area contributed by atoms with Gasteiger partial charge >= 0.3 is 0 Å². The van der Waals surface area contributed by atoms with E-state index >= 15 is 0 Å². The number of hydrogen-bond donors (Lipinski definition) is 0. The molecule has 0 fully saturated rings. The second-order valence-corrected chi connectivity index (χ2v) is 21.5. The first-order chi connectivity index (χ1) is 32.7. The number of hydrogen-bond acceptors (Lipinski definition) is 1. The fourth-order valence-corrected chi connectivity index (χ4v) is 12.1. The van der Waals surface area contributed by atoms with Crippen LogP contribution in [0.3, 0.4) is 0 Å². The molecule has 1 heteroatoms. The Bertz CT molecular complexity index is 2220. The summed E-state index contributed by atoms with van der Waals surface area (Å²) in [6, 6.07) is 32.8. The highest BCUT2D eigenvalue weighted by molar-refractivity contribution is 6.04. The van der Waals surface area contributed by atoms with Crippen molar-refractivity contribution in [2.24, 2.45) is 0 Å². The summed E-state index contributed by atoms with van der Waals surface area (Å²) < 4.78 is 7.04. The molecule has 0 aromatic heterocycles. The molecule has 1 aliphatic carbocycles. The summed E-state index contributed by atoms with van der Waals surface area (Å²) in [7, 11) is 0. The van der Waals surface area contributed by atoms with Crippen molar-refractivity contribution in [3.05, 3.63) is 124 Å². The largest absolute Gasteiger partial charge is 0.482 e. The minimum Gasteiger partial charge on any atom is -0.482 e. The zero-order chi connectivity index (χ0) is 47.5. The topological polar surface area (TPSA) is 9.23 Å². The van der Waals surface area contributed by atoms with E-state index in [9.17, 15) is 0 Å². The number of unbranched alkanes of at least 4 members (excludes halogenated alkanes) is 20. The van der Waals surface area contributed by atoms with Gasteiger partial charge in [-0.05, 0) is 122 Å². The van der Waals surface area contributed by atoms with Gasteiger partial charge in [-0.1, -0.05) is 259 Å². The first-order valence-electron chi connectivity index (χ1n) is 28.3. The Morgan fingerprint density at radius 3 is 1.30 bits per heavy atom. The molecule has 0 bridgehead atoms. The third-order valence-electron chi connectivity index (χ3n) is 15.9. The van der Waals surface area contributed by atoms with E-state index in [0.29, 0.717) is 0 Å². The summed E-state index contributed by atoms with van der Waals surface area (Å²) >= 11 is 0. The molecule has 0 N–H and O–H groups in total. The molecule has 364 valence electrons. The molecule has 7 rings (SSSR count). The van der Waals surface area contributed by atoms with E-state index in [1.54, 1.807) is 11.1 Å². The van der Waals surface area contributed by atoms with Gasteiger partial charge in [-0.3, -0.25) is 0 Å². The standard InChI is InChI=1S/C35H48.C31H46O/c1-5-7-9-11-13-17-23-35(24-18-14-12-10-8-6-2)32-25-27(3)21-22-31(32)34-30-20-16-15-19-29(30)28(4)26-33(34)35;1-5-7-9-11-13-15-21-31(22-16-14-12-10-8-6-2)29-23-25(3)17-19-27(29)28-20-18-26(4)24-30(28)32-31/h15-16,19-22,25-26H,5-14,17-18,23-24H2,1-4H3;17-20,23-24H,5-16,21-22H2,1-4H3. The van der Waals surface area contributed by atoms with Gasteiger partial charge in [0.15, 0.2) is 0 Å².